The van der Waals surface area contributed by atoms with Gasteiger partial charge in [-0.05, 0) is 90.8 Å². The maximum absolute atomic E-state index is 14.0. The van der Waals surface area contributed by atoms with Gasteiger partial charge in [0, 0.05) is 11.8 Å². The number of aliphatic hydroxyl groups is 2. The van der Waals surface area contributed by atoms with Crippen molar-refractivity contribution >= 4 is 5.78 Å². The van der Waals surface area contributed by atoms with E-state index in [2.05, 4.69) is 54.5 Å². The number of carbonyl (C=O) groups excluding carboxylic acids is 1. The molecule has 0 aromatic heterocycles. The molecule has 2 unspecified atom stereocenters. The van der Waals surface area contributed by atoms with Crippen LogP contribution in [0.3, 0.4) is 0 Å². The van der Waals surface area contributed by atoms with E-state index in [0.29, 0.717) is 24.0 Å². The van der Waals surface area contributed by atoms with E-state index >= 15 is 0 Å². The minimum Gasteiger partial charge on any atom is -0.395 e. The van der Waals surface area contributed by atoms with Gasteiger partial charge in [-0.2, -0.15) is 0 Å². The van der Waals surface area contributed by atoms with Crippen molar-refractivity contribution < 1.29 is 15.0 Å². The fraction of sp³-hybridized carbons (Fsp3) is 0.900. The van der Waals surface area contributed by atoms with Crippen molar-refractivity contribution in [3.63, 3.8) is 0 Å². The van der Waals surface area contributed by atoms with Crippen LogP contribution in [0.25, 0.3) is 0 Å². The zero-order chi connectivity index (χ0) is 24.2. The molecule has 5 rings (SSSR count). The number of hydrogen-bond donors (Lipinski definition) is 2. The van der Waals surface area contributed by atoms with E-state index in [1.54, 1.807) is 0 Å². The summed E-state index contributed by atoms with van der Waals surface area (Å²) in [5.41, 5.74) is 1.27. The molecule has 5 aliphatic rings. The molecule has 0 spiro atoms. The molecule has 3 nitrogen and oxygen atoms in total. The number of Topliss-reactive ketones (excluding diaryl/α,β-unsaturated/α-hetero) is 1. The Morgan fingerprint density at radius 3 is 2.30 bits per heavy atom. The summed E-state index contributed by atoms with van der Waals surface area (Å²) in [6.45, 7) is 16.7. The number of hydrogen-bond acceptors (Lipinski definition) is 3. The fourth-order valence-corrected chi connectivity index (χ4v) is 10.5. The van der Waals surface area contributed by atoms with Crippen molar-refractivity contribution in [2.24, 2.45) is 50.2 Å². The molecule has 3 heteroatoms. The zero-order valence-corrected chi connectivity index (χ0v) is 22.3. The lowest BCUT2D eigenvalue weighted by molar-refractivity contribution is -0.204. The molecule has 5 aliphatic carbocycles. The first-order valence-electron chi connectivity index (χ1n) is 13.7. The maximum Gasteiger partial charge on any atom is 0.142 e. The lowest BCUT2D eigenvalue weighted by Crippen LogP contribution is -2.66. The van der Waals surface area contributed by atoms with Gasteiger partial charge in [0.1, 0.15) is 5.78 Å². The van der Waals surface area contributed by atoms with E-state index in [-0.39, 0.29) is 45.7 Å². The number of fused-ring (bicyclic) bond motifs is 7. The molecule has 4 fully saturated rings. The highest BCUT2D eigenvalue weighted by molar-refractivity contribution is 5.89. The highest BCUT2D eigenvalue weighted by Crippen LogP contribution is 2.75. The standard InChI is InChI=1S/C30H48O3/c1-25(2)14-15-30(18-31)20(16-25)19-8-9-22-27(5)12-11-23(32)26(3,4)21(27)10-13-28(22,6)29(19,7)17-24(30)33/h8,20-23,31-32H,9-18H2,1-7H3/t20-,21?,22?,23+,27+,28-,29-,30-/m1/s1. The van der Waals surface area contributed by atoms with E-state index < -0.39 is 5.41 Å². The normalized spacial score (nSPS) is 52.6. The van der Waals surface area contributed by atoms with Crippen molar-refractivity contribution in [1.29, 1.82) is 0 Å². The summed E-state index contributed by atoms with van der Waals surface area (Å²) < 4.78 is 0. The topological polar surface area (TPSA) is 57.5 Å². The lowest BCUT2D eigenvalue weighted by Gasteiger charge is -2.71. The predicted octanol–water partition coefficient (Wildman–Crippen LogP) is 6.32. The molecule has 8 atom stereocenters. The van der Waals surface area contributed by atoms with E-state index in [9.17, 15) is 15.0 Å². The molecule has 33 heavy (non-hydrogen) atoms. The van der Waals surface area contributed by atoms with Crippen molar-refractivity contribution in [3.8, 4) is 0 Å². The smallest absolute Gasteiger partial charge is 0.142 e. The van der Waals surface area contributed by atoms with Crippen LogP contribution in [0.2, 0.25) is 0 Å². The number of ketones is 1. The van der Waals surface area contributed by atoms with Crippen molar-refractivity contribution in [1.82, 2.24) is 0 Å². The van der Waals surface area contributed by atoms with Gasteiger partial charge >= 0.3 is 0 Å². The molecular formula is C30H48O3. The van der Waals surface area contributed by atoms with Crippen molar-refractivity contribution in [3.05, 3.63) is 11.6 Å². The largest absolute Gasteiger partial charge is 0.395 e. The van der Waals surface area contributed by atoms with Gasteiger partial charge in [0.15, 0.2) is 0 Å². The van der Waals surface area contributed by atoms with Gasteiger partial charge in [0.25, 0.3) is 0 Å². The van der Waals surface area contributed by atoms with Crippen LogP contribution in [0, 0.1) is 50.2 Å². The third kappa shape index (κ3) is 2.85. The Labute approximate surface area is 201 Å². The summed E-state index contributed by atoms with van der Waals surface area (Å²) in [6.07, 6.45) is 11.2. The average molecular weight is 457 g/mol. The average Bonchev–Trinajstić information content (AvgIpc) is 2.71. The maximum atomic E-state index is 14.0. The molecule has 0 aromatic rings. The van der Waals surface area contributed by atoms with Crippen molar-refractivity contribution in [2.45, 2.75) is 112 Å². The zero-order valence-electron chi connectivity index (χ0n) is 22.3. The Hall–Kier alpha value is -0.670. The number of carbonyl (C=O) groups is 1. The molecule has 0 amide bonds. The predicted molar refractivity (Wildman–Crippen MR) is 133 cm³/mol. The summed E-state index contributed by atoms with van der Waals surface area (Å²) in [7, 11) is 0. The summed E-state index contributed by atoms with van der Waals surface area (Å²) >= 11 is 0. The van der Waals surface area contributed by atoms with Crippen LogP contribution in [0.4, 0.5) is 0 Å². The van der Waals surface area contributed by atoms with Gasteiger partial charge in [-0.15, -0.1) is 0 Å². The molecule has 2 N–H and O–H groups in total. The van der Waals surface area contributed by atoms with Crippen LogP contribution in [0.1, 0.15) is 106 Å². The monoisotopic (exact) mass is 456 g/mol. The molecule has 0 heterocycles. The lowest BCUT2D eigenvalue weighted by atomic mass is 9.33. The minimum absolute atomic E-state index is 0.00596. The summed E-state index contributed by atoms with van der Waals surface area (Å²) in [5, 5.41) is 21.5. The van der Waals surface area contributed by atoms with Gasteiger partial charge in [-0.3, -0.25) is 4.79 Å². The quantitative estimate of drug-likeness (QED) is 0.454. The Morgan fingerprint density at radius 2 is 1.64 bits per heavy atom. The first-order chi connectivity index (χ1) is 15.2. The second-order valence-corrected chi connectivity index (χ2v) is 15.0. The van der Waals surface area contributed by atoms with Gasteiger partial charge in [0.2, 0.25) is 0 Å². The molecule has 4 saturated carbocycles. The molecule has 0 bridgehead atoms. The van der Waals surface area contributed by atoms with Crippen LogP contribution >= 0.6 is 0 Å². The molecule has 186 valence electrons. The SMILES string of the molecule is CC1(C)CC[C@]2(CO)C(=O)C[C@]3(C)C(=CCC4[C@@]5(C)CC[C@H](O)C(C)(C)C5CC[C@]43C)[C@H]2C1. The number of rotatable bonds is 1. The van der Waals surface area contributed by atoms with Crippen LogP contribution < -0.4 is 0 Å². The molecule has 0 radical (unpaired) electrons. The van der Waals surface area contributed by atoms with Gasteiger partial charge in [0.05, 0.1) is 18.1 Å². The second kappa shape index (κ2) is 6.96. The molecule has 0 aromatic carbocycles. The Bertz CT molecular complexity index is 885. The first kappa shape index (κ1) is 24.0. The first-order valence-corrected chi connectivity index (χ1v) is 13.7. The minimum atomic E-state index is -0.553. The summed E-state index contributed by atoms with van der Waals surface area (Å²) in [4.78, 5) is 14.0. The second-order valence-electron chi connectivity index (χ2n) is 15.0. The Morgan fingerprint density at radius 1 is 0.939 bits per heavy atom. The van der Waals surface area contributed by atoms with E-state index in [1.807, 2.05) is 0 Å². The molecular weight excluding hydrogens is 408 g/mol. The highest BCUT2D eigenvalue weighted by atomic mass is 16.3. The van der Waals surface area contributed by atoms with Crippen molar-refractivity contribution in [2.75, 3.05) is 6.61 Å². The Kier molecular flexibility index (Phi) is 5.07. The van der Waals surface area contributed by atoms with E-state index in [1.165, 1.54) is 5.57 Å². The van der Waals surface area contributed by atoms with E-state index in [4.69, 9.17) is 0 Å². The van der Waals surface area contributed by atoms with Crippen LogP contribution in [0.15, 0.2) is 11.6 Å². The number of aliphatic hydroxyl groups excluding tert-OH is 2. The van der Waals surface area contributed by atoms with Gasteiger partial charge in [-0.25, -0.2) is 0 Å². The molecule has 0 aliphatic heterocycles. The summed E-state index contributed by atoms with van der Waals surface area (Å²) in [5.74, 6) is 1.58. The fourth-order valence-electron chi connectivity index (χ4n) is 10.5. The molecule has 0 saturated heterocycles. The van der Waals surface area contributed by atoms with Crippen LogP contribution in [-0.2, 0) is 4.79 Å². The third-order valence-corrected chi connectivity index (χ3v) is 12.9. The van der Waals surface area contributed by atoms with Crippen LogP contribution in [-0.4, -0.2) is 28.7 Å². The highest BCUT2D eigenvalue weighted by Gasteiger charge is 2.69. The number of allylic oxidation sites excluding steroid dienone is 2. The summed E-state index contributed by atoms with van der Waals surface area (Å²) in [6, 6.07) is 0. The third-order valence-electron chi connectivity index (χ3n) is 12.9. The Balaban J connectivity index is 1.62. The van der Waals surface area contributed by atoms with Gasteiger partial charge in [-0.1, -0.05) is 60.1 Å². The van der Waals surface area contributed by atoms with Crippen LogP contribution in [0.5, 0.6) is 0 Å². The van der Waals surface area contributed by atoms with Gasteiger partial charge < -0.3 is 10.2 Å². The van der Waals surface area contributed by atoms with E-state index in [0.717, 1.165) is 51.4 Å².